The molecule has 0 aliphatic heterocycles. The molecular formula is C21H21N3O3S. The summed E-state index contributed by atoms with van der Waals surface area (Å²) in [7, 11) is -3.73. The van der Waals surface area contributed by atoms with E-state index in [-0.39, 0.29) is 29.0 Å². The lowest BCUT2D eigenvalue weighted by atomic mass is 10.1. The number of benzene rings is 2. The third-order valence-electron chi connectivity index (χ3n) is 4.27. The highest BCUT2D eigenvalue weighted by Gasteiger charge is 2.17. The first-order valence-electron chi connectivity index (χ1n) is 8.80. The topological polar surface area (TPSA) is 88.2 Å². The van der Waals surface area contributed by atoms with Crippen LogP contribution in [0.25, 0.3) is 0 Å². The zero-order valence-corrected chi connectivity index (χ0v) is 16.2. The van der Waals surface area contributed by atoms with Crippen LogP contribution in [0.5, 0.6) is 0 Å². The van der Waals surface area contributed by atoms with Gasteiger partial charge in [-0.2, -0.15) is 0 Å². The summed E-state index contributed by atoms with van der Waals surface area (Å²) < 4.78 is 27.7. The van der Waals surface area contributed by atoms with Crippen LogP contribution in [0, 0.1) is 0 Å². The molecule has 3 aromatic rings. The largest absolute Gasteiger partial charge is 0.346 e. The number of hydrogen-bond donors (Lipinski definition) is 2. The molecule has 6 nitrogen and oxygen atoms in total. The van der Waals surface area contributed by atoms with E-state index < -0.39 is 10.0 Å². The van der Waals surface area contributed by atoms with E-state index in [2.05, 4.69) is 15.0 Å². The molecule has 0 saturated heterocycles. The minimum absolute atomic E-state index is 0.0487. The molecule has 28 heavy (non-hydrogen) atoms. The minimum atomic E-state index is -3.73. The molecule has 0 aliphatic carbocycles. The summed E-state index contributed by atoms with van der Waals surface area (Å²) in [5.41, 5.74) is 2.05. The van der Waals surface area contributed by atoms with E-state index in [1.165, 1.54) is 12.1 Å². The summed E-state index contributed by atoms with van der Waals surface area (Å²) in [5, 5.41) is 2.87. The average Bonchev–Trinajstić information content (AvgIpc) is 2.74. The van der Waals surface area contributed by atoms with Gasteiger partial charge < -0.3 is 5.32 Å². The zero-order valence-electron chi connectivity index (χ0n) is 15.4. The number of carbonyl (C=O) groups is 1. The van der Waals surface area contributed by atoms with Gasteiger partial charge in [0.1, 0.15) is 0 Å². The predicted molar refractivity (Wildman–Crippen MR) is 107 cm³/mol. The maximum Gasteiger partial charge on any atom is 0.251 e. The van der Waals surface area contributed by atoms with Gasteiger partial charge in [0, 0.05) is 24.5 Å². The highest BCUT2D eigenvalue weighted by Crippen LogP contribution is 2.15. The van der Waals surface area contributed by atoms with Crippen LogP contribution >= 0.6 is 0 Å². The predicted octanol–water partition coefficient (Wildman–Crippen LogP) is 3.05. The molecule has 0 fully saturated rings. The van der Waals surface area contributed by atoms with Crippen LogP contribution in [-0.4, -0.2) is 19.3 Å². The second-order valence-electron chi connectivity index (χ2n) is 6.31. The van der Waals surface area contributed by atoms with E-state index in [0.717, 1.165) is 11.1 Å². The smallest absolute Gasteiger partial charge is 0.251 e. The maximum atomic E-state index is 12.6. The van der Waals surface area contributed by atoms with Crippen LogP contribution in [0.15, 0.2) is 84.0 Å². The first-order valence-corrected chi connectivity index (χ1v) is 10.3. The Morgan fingerprint density at radius 1 is 1.00 bits per heavy atom. The van der Waals surface area contributed by atoms with Crippen molar-refractivity contribution in [3.63, 3.8) is 0 Å². The standard InChI is InChI=1S/C21H21N3O3S/c1-16(18-10-12-22-13-11-18)24-21(25)19-8-5-9-20(14-19)28(26,27)23-15-17-6-3-2-4-7-17/h2-14,16,23H,15H2,1H3,(H,24,25). The van der Waals surface area contributed by atoms with Gasteiger partial charge in [0.05, 0.1) is 10.9 Å². The van der Waals surface area contributed by atoms with Gasteiger partial charge >= 0.3 is 0 Å². The van der Waals surface area contributed by atoms with Crippen molar-refractivity contribution in [3.8, 4) is 0 Å². The highest BCUT2D eigenvalue weighted by atomic mass is 32.2. The van der Waals surface area contributed by atoms with Gasteiger partial charge in [-0.1, -0.05) is 36.4 Å². The van der Waals surface area contributed by atoms with E-state index in [4.69, 9.17) is 0 Å². The number of rotatable bonds is 7. The Bertz CT molecular complexity index is 1040. The molecule has 0 bridgehead atoms. The van der Waals surface area contributed by atoms with Gasteiger partial charge in [0.25, 0.3) is 5.91 Å². The van der Waals surface area contributed by atoms with E-state index in [0.29, 0.717) is 0 Å². The number of sulfonamides is 1. The Labute approximate surface area is 164 Å². The lowest BCUT2D eigenvalue weighted by Gasteiger charge is -2.14. The van der Waals surface area contributed by atoms with Crippen molar-refractivity contribution in [1.29, 1.82) is 0 Å². The van der Waals surface area contributed by atoms with Crippen molar-refractivity contribution in [2.24, 2.45) is 0 Å². The Kier molecular flexibility index (Phi) is 6.18. The lowest BCUT2D eigenvalue weighted by molar-refractivity contribution is 0.0939. The Hall–Kier alpha value is -3.03. The number of nitrogens with one attached hydrogen (secondary N) is 2. The SMILES string of the molecule is CC(NC(=O)c1cccc(S(=O)(=O)NCc2ccccc2)c1)c1ccncc1. The van der Waals surface area contributed by atoms with Gasteiger partial charge in [-0.05, 0) is 48.4 Å². The molecule has 0 aliphatic rings. The van der Waals surface area contributed by atoms with E-state index in [1.54, 1.807) is 24.5 Å². The van der Waals surface area contributed by atoms with E-state index in [1.807, 2.05) is 49.4 Å². The zero-order chi connectivity index (χ0) is 20.0. The summed E-state index contributed by atoms with van der Waals surface area (Å²) in [6, 6.07) is 18.6. The Balaban J connectivity index is 1.71. The molecule has 1 heterocycles. The number of nitrogens with zero attached hydrogens (tertiary/aromatic N) is 1. The Morgan fingerprint density at radius 2 is 1.71 bits per heavy atom. The summed E-state index contributed by atoms with van der Waals surface area (Å²) in [6.45, 7) is 2.04. The molecule has 0 saturated carbocycles. The summed E-state index contributed by atoms with van der Waals surface area (Å²) >= 11 is 0. The van der Waals surface area contributed by atoms with Crippen molar-refractivity contribution >= 4 is 15.9 Å². The molecular weight excluding hydrogens is 374 g/mol. The monoisotopic (exact) mass is 395 g/mol. The fraction of sp³-hybridized carbons (Fsp3) is 0.143. The van der Waals surface area contributed by atoms with Crippen LogP contribution in [0.2, 0.25) is 0 Å². The molecule has 0 radical (unpaired) electrons. The second-order valence-corrected chi connectivity index (χ2v) is 8.08. The first kappa shape index (κ1) is 19.7. The molecule has 1 aromatic heterocycles. The van der Waals surface area contributed by atoms with E-state index >= 15 is 0 Å². The van der Waals surface area contributed by atoms with Crippen LogP contribution in [0.1, 0.15) is 34.5 Å². The van der Waals surface area contributed by atoms with Gasteiger partial charge in [0.2, 0.25) is 10.0 Å². The van der Waals surface area contributed by atoms with E-state index in [9.17, 15) is 13.2 Å². The first-order chi connectivity index (χ1) is 13.5. The molecule has 3 rings (SSSR count). The van der Waals surface area contributed by atoms with Crippen LogP contribution in [-0.2, 0) is 16.6 Å². The Morgan fingerprint density at radius 3 is 2.43 bits per heavy atom. The van der Waals surface area contributed by atoms with Crippen molar-refractivity contribution in [2.75, 3.05) is 0 Å². The molecule has 2 aromatic carbocycles. The molecule has 1 unspecified atom stereocenters. The average molecular weight is 395 g/mol. The molecule has 0 spiro atoms. The molecule has 2 N–H and O–H groups in total. The summed E-state index contributed by atoms with van der Waals surface area (Å²) in [4.78, 5) is 16.6. The number of pyridine rings is 1. The van der Waals surface area contributed by atoms with Crippen molar-refractivity contribution in [2.45, 2.75) is 24.4 Å². The lowest BCUT2D eigenvalue weighted by Crippen LogP contribution is -2.27. The fourth-order valence-electron chi connectivity index (χ4n) is 2.68. The molecule has 1 amide bonds. The maximum absolute atomic E-state index is 12.6. The quantitative estimate of drug-likeness (QED) is 0.644. The third-order valence-corrected chi connectivity index (χ3v) is 5.67. The third kappa shape index (κ3) is 5.03. The highest BCUT2D eigenvalue weighted by molar-refractivity contribution is 7.89. The second kappa shape index (κ2) is 8.77. The summed E-state index contributed by atoms with van der Waals surface area (Å²) in [6.07, 6.45) is 3.31. The van der Waals surface area contributed by atoms with Gasteiger partial charge in [-0.25, -0.2) is 13.1 Å². The number of carbonyl (C=O) groups excluding carboxylic acids is 1. The normalized spacial score (nSPS) is 12.3. The van der Waals surface area contributed by atoms with Crippen molar-refractivity contribution in [3.05, 3.63) is 95.8 Å². The van der Waals surface area contributed by atoms with Crippen molar-refractivity contribution in [1.82, 2.24) is 15.0 Å². The van der Waals surface area contributed by atoms with Gasteiger partial charge in [-0.3, -0.25) is 9.78 Å². The van der Waals surface area contributed by atoms with Crippen LogP contribution in [0.4, 0.5) is 0 Å². The summed E-state index contributed by atoms with van der Waals surface area (Å²) in [5.74, 6) is -0.343. The van der Waals surface area contributed by atoms with Crippen LogP contribution in [0.3, 0.4) is 0 Å². The molecule has 7 heteroatoms. The number of hydrogen-bond acceptors (Lipinski definition) is 4. The minimum Gasteiger partial charge on any atom is -0.346 e. The molecule has 144 valence electrons. The van der Waals surface area contributed by atoms with Gasteiger partial charge in [-0.15, -0.1) is 0 Å². The van der Waals surface area contributed by atoms with Crippen LogP contribution < -0.4 is 10.0 Å². The van der Waals surface area contributed by atoms with Gasteiger partial charge in [0.15, 0.2) is 0 Å². The van der Waals surface area contributed by atoms with Crippen molar-refractivity contribution < 1.29 is 13.2 Å². The number of aromatic nitrogens is 1. The molecule has 1 atom stereocenters. The fourth-order valence-corrected chi connectivity index (χ4v) is 3.74. The number of amides is 1.